The molecule has 2 aliphatic rings. The predicted molar refractivity (Wildman–Crippen MR) is 98.6 cm³/mol. The zero-order valence-corrected chi connectivity index (χ0v) is 15.3. The number of benzene rings is 1. The summed E-state index contributed by atoms with van der Waals surface area (Å²) in [6, 6.07) is 5.43. The summed E-state index contributed by atoms with van der Waals surface area (Å²) in [7, 11) is 0. The summed E-state index contributed by atoms with van der Waals surface area (Å²) in [5.41, 5.74) is 0.293. The first kappa shape index (κ1) is 16.3. The van der Waals surface area contributed by atoms with Gasteiger partial charge in [0.2, 0.25) is 0 Å². The van der Waals surface area contributed by atoms with E-state index in [9.17, 15) is 4.79 Å². The van der Waals surface area contributed by atoms with Crippen LogP contribution in [0.3, 0.4) is 0 Å². The van der Waals surface area contributed by atoms with Gasteiger partial charge >= 0.3 is 0 Å². The highest BCUT2D eigenvalue weighted by molar-refractivity contribution is 7.99. The quantitative estimate of drug-likeness (QED) is 0.843. The molecule has 7 heteroatoms. The maximum Gasteiger partial charge on any atom is 0.291 e. The number of nitrogens with one attached hydrogen (secondary N) is 1. The molecule has 4 rings (SSSR count). The van der Waals surface area contributed by atoms with Gasteiger partial charge in [0.05, 0.1) is 21.3 Å². The van der Waals surface area contributed by atoms with Gasteiger partial charge in [0.15, 0.2) is 5.82 Å². The summed E-state index contributed by atoms with van der Waals surface area (Å²) in [6.07, 6.45) is 6.88. The fourth-order valence-corrected chi connectivity index (χ4v) is 5.00. The molecule has 1 aliphatic carbocycles. The second kappa shape index (κ2) is 6.28. The first-order valence-corrected chi connectivity index (χ1v) is 9.60. The van der Waals surface area contributed by atoms with E-state index in [1.165, 1.54) is 37.4 Å². The van der Waals surface area contributed by atoms with Crippen molar-refractivity contribution in [3.05, 3.63) is 44.8 Å². The molecular weight excluding hydrogens is 365 g/mol. The molecule has 4 nitrogen and oxygen atoms in total. The van der Waals surface area contributed by atoms with E-state index >= 15 is 0 Å². The topological polar surface area (TPSA) is 49.0 Å². The molecule has 1 aromatic carbocycles. The minimum Gasteiger partial charge on any atom is -0.351 e. The molecule has 24 heavy (non-hydrogen) atoms. The van der Waals surface area contributed by atoms with Gasteiger partial charge in [-0.05, 0) is 25.0 Å². The molecule has 0 radical (unpaired) electrons. The Morgan fingerprint density at radius 3 is 2.67 bits per heavy atom. The number of aromatic nitrogens is 2. The molecule has 1 N–H and O–H groups in total. The number of H-pyrrole nitrogens is 1. The van der Waals surface area contributed by atoms with Gasteiger partial charge in [-0.1, -0.05) is 53.9 Å². The number of hydrogen-bond donors (Lipinski definition) is 1. The van der Waals surface area contributed by atoms with E-state index in [0.717, 1.165) is 18.0 Å². The van der Waals surface area contributed by atoms with Crippen molar-refractivity contribution >= 4 is 40.8 Å². The van der Waals surface area contributed by atoms with Gasteiger partial charge in [-0.15, -0.1) is 0 Å². The second-order valence-electron chi connectivity index (χ2n) is 6.62. The number of halogens is 2. The first-order valence-electron chi connectivity index (χ1n) is 8.03. The highest BCUT2D eigenvalue weighted by Crippen LogP contribution is 2.46. The van der Waals surface area contributed by atoms with Crippen LogP contribution in [-0.2, 0) is 0 Å². The highest BCUT2D eigenvalue weighted by Gasteiger charge is 2.45. The van der Waals surface area contributed by atoms with Crippen molar-refractivity contribution in [3.63, 3.8) is 0 Å². The Balaban J connectivity index is 1.50. The normalized spacial score (nSPS) is 18.8. The van der Waals surface area contributed by atoms with E-state index < -0.39 is 0 Å². The van der Waals surface area contributed by atoms with Crippen molar-refractivity contribution in [1.82, 2.24) is 9.97 Å². The molecule has 0 amide bonds. The Bertz CT molecular complexity index is 825. The fraction of sp³-hybridized carbons (Fsp3) is 0.412. The van der Waals surface area contributed by atoms with E-state index in [0.29, 0.717) is 26.3 Å². The largest absolute Gasteiger partial charge is 0.351 e. The van der Waals surface area contributed by atoms with Crippen molar-refractivity contribution < 1.29 is 0 Å². The summed E-state index contributed by atoms with van der Waals surface area (Å²) in [5, 5.41) is 1.64. The van der Waals surface area contributed by atoms with E-state index in [2.05, 4.69) is 14.9 Å². The molecule has 1 spiro atoms. The number of rotatable bonds is 3. The molecule has 0 atom stereocenters. The molecule has 1 aromatic heterocycles. The van der Waals surface area contributed by atoms with Gasteiger partial charge in [-0.25, -0.2) is 4.98 Å². The molecule has 1 aliphatic heterocycles. The summed E-state index contributed by atoms with van der Waals surface area (Å²) in [4.78, 5) is 22.6. The molecule has 0 unspecified atom stereocenters. The molecule has 0 bridgehead atoms. The third-order valence-electron chi connectivity index (χ3n) is 4.90. The third-order valence-corrected chi connectivity index (χ3v) is 6.81. The Morgan fingerprint density at radius 2 is 1.96 bits per heavy atom. The Morgan fingerprint density at radius 1 is 1.21 bits per heavy atom. The lowest BCUT2D eigenvalue weighted by Gasteiger charge is -2.48. The predicted octanol–water partition coefficient (Wildman–Crippen LogP) is 4.61. The van der Waals surface area contributed by atoms with E-state index in [1.54, 1.807) is 12.3 Å². The minimum atomic E-state index is -0.147. The highest BCUT2D eigenvalue weighted by atomic mass is 35.5. The van der Waals surface area contributed by atoms with Gasteiger partial charge < -0.3 is 9.88 Å². The van der Waals surface area contributed by atoms with E-state index in [1.807, 2.05) is 12.1 Å². The van der Waals surface area contributed by atoms with Crippen LogP contribution in [0.15, 0.2) is 39.1 Å². The van der Waals surface area contributed by atoms with Crippen LogP contribution < -0.4 is 10.5 Å². The first-order chi connectivity index (χ1) is 11.6. The zero-order chi connectivity index (χ0) is 16.7. The van der Waals surface area contributed by atoms with Gasteiger partial charge in [-0.3, -0.25) is 4.79 Å². The molecule has 2 heterocycles. The summed E-state index contributed by atoms with van der Waals surface area (Å²) < 4.78 is 0. The van der Waals surface area contributed by atoms with Crippen LogP contribution in [0.4, 0.5) is 5.82 Å². The van der Waals surface area contributed by atoms with Gasteiger partial charge in [0, 0.05) is 23.4 Å². The summed E-state index contributed by atoms with van der Waals surface area (Å²) in [6.45, 7) is 1.91. The summed E-state index contributed by atoms with van der Waals surface area (Å²) in [5.74, 6) is 0.522. The van der Waals surface area contributed by atoms with Crippen molar-refractivity contribution in [2.75, 3.05) is 18.0 Å². The lowest BCUT2D eigenvalue weighted by atomic mass is 9.78. The van der Waals surface area contributed by atoms with Crippen LogP contribution in [0.2, 0.25) is 10.0 Å². The maximum absolute atomic E-state index is 12.4. The zero-order valence-electron chi connectivity index (χ0n) is 13.0. The van der Waals surface area contributed by atoms with Crippen molar-refractivity contribution in [3.8, 4) is 0 Å². The Labute approximate surface area is 154 Å². The van der Waals surface area contributed by atoms with Crippen LogP contribution >= 0.6 is 35.0 Å². The number of nitrogens with zero attached hydrogens (tertiary/aromatic N) is 2. The van der Waals surface area contributed by atoms with Crippen LogP contribution in [0.25, 0.3) is 0 Å². The second-order valence-corrected chi connectivity index (χ2v) is 8.49. The van der Waals surface area contributed by atoms with Crippen LogP contribution in [0, 0.1) is 5.41 Å². The van der Waals surface area contributed by atoms with Crippen molar-refractivity contribution in [2.45, 2.75) is 35.6 Å². The summed E-state index contributed by atoms with van der Waals surface area (Å²) >= 11 is 13.6. The lowest BCUT2D eigenvalue weighted by molar-refractivity contribution is 0.220. The van der Waals surface area contributed by atoms with Crippen molar-refractivity contribution in [2.24, 2.45) is 5.41 Å². The Hall–Kier alpha value is -1.17. The van der Waals surface area contributed by atoms with E-state index in [-0.39, 0.29) is 5.56 Å². The molecule has 1 saturated heterocycles. The minimum absolute atomic E-state index is 0.147. The monoisotopic (exact) mass is 381 g/mol. The number of hydrogen-bond acceptors (Lipinski definition) is 4. The molecular formula is C17H17Cl2N3OS. The number of anilines is 1. The van der Waals surface area contributed by atoms with Crippen LogP contribution in [0.1, 0.15) is 25.7 Å². The van der Waals surface area contributed by atoms with Crippen LogP contribution in [0.5, 0.6) is 0 Å². The van der Waals surface area contributed by atoms with Gasteiger partial charge in [0.1, 0.15) is 0 Å². The van der Waals surface area contributed by atoms with Gasteiger partial charge in [-0.2, -0.15) is 0 Å². The van der Waals surface area contributed by atoms with Gasteiger partial charge in [0.25, 0.3) is 5.56 Å². The number of aromatic amines is 1. The average molecular weight is 382 g/mol. The molecule has 2 fully saturated rings. The molecule has 2 aromatic rings. The molecule has 126 valence electrons. The third kappa shape index (κ3) is 2.93. The SMILES string of the molecule is O=c1[nH]c(Sc2cccc(Cl)c2Cl)cnc1N1CC2(CCCC2)C1. The Kier molecular flexibility index (Phi) is 4.27. The fourth-order valence-electron chi connectivity index (χ4n) is 3.69. The standard InChI is InChI=1S/C17H17Cl2N3OS/c18-11-4-3-5-12(14(11)19)24-13-8-20-15(16(23)21-13)22-9-17(10-22)6-1-2-7-17/h3-5,8H,1-2,6-7,9-10H2,(H,21,23). The lowest BCUT2D eigenvalue weighted by Crippen LogP contribution is -2.56. The smallest absolute Gasteiger partial charge is 0.291 e. The molecule has 1 saturated carbocycles. The maximum atomic E-state index is 12.4. The van der Waals surface area contributed by atoms with E-state index in [4.69, 9.17) is 23.2 Å². The van der Waals surface area contributed by atoms with Crippen LogP contribution in [-0.4, -0.2) is 23.1 Å². The van der Waals surface area contributed by atoms with Crippen molar-refractivity contribution in [1.29, 1.82) is 0 Å². The average Bonchev–Trinajstić information content (AvgIpc) is 3.01.